The van der Waals surface area contributed by atoms with Crippen molar-refractivity contribution in [2.24, 2.45) is 0 Å². The van der Waals surface area contributed by atoms with Crippen LogP contribution in [0.4, 0.5) is 18.9 Å². The van der Waals surface area contributed by atoms with Crippen LogP contribution in [0.5, 0.6) is 0 Å². The SMILES string of the molecule is Nc1ccc(-c2cc3c(ccc4c(=O)cc(C(F)(F)F)oc43)o2)cc1. The summed E-state index contributed by atoms with van der Waals surface area (Å²) in [6.45, 7) is 0. The van der Waals surface area contributed by atoms with Gasteiger partial charge in [0.1, 0.15) is 16.9 Å². The molecule has 0 bridgehead atoms. The average molecular weight is 345 g/mol. The van der Waals surface area contributed by atoms with Crippen LogP contribution < -0.4 is 11.2 Å². The summed E-state index contributed by atoms with van der Waals surface area (Å²) in [6, 6.07) is 11.7. The maximum atomic E-state index is 12.9. The molecule has 0 radical (unpaired) electrons. The molecule has 2 N–H and O–H groups in total. The lowest BCUT2D eigenvalue weighted by Gasteiger charge is -2.06. The Bertz CT molecular complexity index is 1150. The first-order valence-electron chi connectivity index (χ1n) is 7.26. The third kappa shape index (κ3) is 2.53. The Morgan fingerprint density at radius 3 is 2.28 bits per heavy atom. The van der Waals surface area contributed by atoms with Gasteiger partial charge in [-0.3, -0.25) is 4.79 Å². The van der Waals surface area contributed by atoms with Gasteiger partial charge in [-0.2, -0.15) is 13.2 Å². The molecule has 0 atom stereocenters. The highest BCUT2D eigenvalue weighted by Crippen LogP contribution is 2.35. The van der Waals surface area contributed by atoms with Gasteiger partial charge in [0.05, 0.1) is 10.8 Å². The summed E-state index contributed by atoms with van der Waals surface area (Å²) in [5.74, 6) is -0.907. The largest absolute Gasteiger partial charge is 0.456 e. The molecule has 0 saturated heterocycles. The average Bonchev–Trinajstić information content (AvgIpc) is 2.99. The lowest BCUT2D eigenvalue weighted by molar-refractivity contribution is -0.152. The molecule has 4 rings (SSSR count). The quantitative estimate of drug-likeness (QED) is 0.503. The van der Waals surface area contributed by atoms with E-state index in [4.69, 9.17) is 14.6 Å². The molecule has 0 aliphatic carbocycles. The highest BCUT2D eigenvalue weighted by molar-refractivity contribution is 6.03. The van der Waals surface area contributed by atoms with E-state index in [-0.39, 0.29) is 11.0 Å². The first-order chi connectivity index (χ1) is 11.8. The fourth-order valence-electron chi connectivity index (χ4n) is 2.66. The van der Waals surface area contributed by atoms with Crippen LogP contribution in [0.15, 0.2) is 62.2 Å². The number of alkyl halides is 3. The molecular weight excluding hydrogens is 335 g/mol. The van der Waals surface area contributed by atoms with Gasteiger partial charge in [0, 0.05) is 17.3 Å². The van der Waals surface area contributed by atoms with Gasteiger partial charge in [0.25, 0.3) is 0 Å². The summed E-state index contributed by atoms with van der Waals surface area (Å²) in [6.07, 6.45) is -4.75. The molecule has 0 aliphatic rings. The van der Waals surface area contributed by atoms with Crippen molar-refractivity contribution < 1.29 is 22.0 Å². The van der Waals surface area contributed by atoms with E-state index in [1.165, 1.54) is 12.1 Å². The van der Waals surface area contributed by atoms with Crippen molar-refractivity contribution >= 4 is 27.6 Å². The Hall–Kier alpha value is -3.22. The molecule has 0 saturated carbocycles. The molecule has 0 amide bonds. The minimum absolute atomic E-state index is 0.0603. The number of anilines is 1. The molecule has 2 aromatic carbocycles. The van der Waals surface area contributed by atoms with Crippen molar-refractivity contribution in [3.8, 4) is 11.3 Å². The summed E-state index contributed by atoms with van der Waals surface area (Å²) in [5, 5.41) is 0.359. The van der Waals surface area contributed by atoms with Gasteiger partial charge in [-0.05, 0) is 42.5 Å². The van der Waals surface area contributed by atoms with Crippen LogP contribution in [-0.2, 0) is 6.18 Å². The molecule has 25 heavy (non-hydrogen) atoms. The standard InChI is InChI=1S/C18H10F3NO3/c19-18(20,21)16-8-13(23)11-5-6-14-12(17(11)25-16)7-15(24-14)9-1-3-10(22)4-2-9/h1-8H,22H2. The molecule has 2 heterocycles. The molecular formula is C18H10F3NO3. The van der Waals surface area contributed by atoms with Crippen LogP contribution in [0.25, 0.3) is 33.3 Å². The van der Waals surface area contributed by atoms with Crippen LogP contribution >= 0.6 is 0 Å². The first-order valence-corrected chi connectivity index (χ1v) is 7.26. The van der Waals surface area contributed by atoms with E-state index in [0.29, 0.717) is 34.0 Å². The number of nitrogen functional groups attached to an aromatic ring is 1. The normalized spacial score (nSPS) is 12.1. The Balaban J connectivity index is 2.01. The molecule has 4 aromatic rings. The van der Waals surface area contributed by atoms with Crippen molar-refractivity contribution in [1.29, 1.82) is 0 Å². The van der Waals surface area contributed by atoms with Crippen LogP contribution in [0.1, 0.15) is 5.76 Å². The molecule has 0 aliphatic heterocycles. The Morgan fingerprint density at radius 2 is 1.60 bits per heavy atom. The highest BCUT2D eigenvalue weighted by atomic mass is 19.4. The maximum Gasteiger partial charge on any atom is 0.449 e. The summed E-state index contributed by atoms with van der Waals surface area (Å²) >= 11 is 0. The van der Waals surface area contributed by atoms with Crippen LogP contribution in [0.3, 0.4) is 0 Å². The Labute approximate surface area is 138 Å². The van der Waals surface area contributed by atoms with Crippen molar-refractivity contribution in [2.45, 2.75) is 6.18 Å². The van der Waals surface area contributed by atoms with Gasteiger partial charge < -0.3 is 14.6 Å². The number of fused-ring (bicyclic) bond motifs is 3. The number of halogens is 3. The monoisotopic (exact) mass is 345 g/mol. The zero-order valence-electron chi connectivity index (χ0n) is 12.6. The first kappa shape index (κ1) is 15.3. The fraction of sp³-hybridized carbons (Fsp3) is 0.0556. The van der Waals surface area contributed by atoms with E-state index in [1.807, 2.05) is 0 Å². The van der Waals surface area contributed by atoms with Crippen molar-refractivity contribution in [3.05, 3.63) is 64.5 Å². The van der Waals surface area contributed by atoms with E-state index in [0.717, 1.165) is 0 Å². The second-order valence-electron chi connectivity index (χ2n) is 5.56. The van der Waals surface area contributed by atoms with Crippen LogP contribution in [-0.4, -0.2) is 0 Å². The van der Waals surface area contributed by atoms with Gasteiger partial charge in [-0.1, -0.05) is 0 Å². The predicted molar refractivity (Wildman–Crippen MR) is 87.1 cm³/mol. The highest BCUT2D eigenvalue weighted by Gasteiger charge is 2.35. The van der Waals surface area contributed by atoms with Gasteiger partial charge in [0.2, 0.25) is 5.76 Å². The van der Waals surface area contributed by atoms with E-state index in [2.05, 4.69) is 0 Å². The fourth-order valence-corrected chi connectivity index (χ4v) is 2.66. The number of benzene rings is 2. The zero-order chi connectivity index (χ0) is 17.8. The summed E-state index contributed by atoms with van der Waals surface area (Å²) in [5.41, 5.74) is 6.33. The number of rotatable bonds is 1. The van der Waals surface area contributed by atoms with Gasteiger partial charge in [-0.15, -0.1) is 0 Å². The van der Waals surface area contributed by atoms with Gasteiger partial charge >= 0.3 is 6.18 Å². The summed E-state index contributed by atoms with van der Waals surface area (Å²) in [4.78, 5) is 12.0. The third-order valence-corrected chi connectivity index (χ3v) is 3.87. The second kappa shape index (κ2) is 5.14. The van der Waals surface area contributed by atoms with Gasteiger partial charge in [0.15, 0.2) is 5.43 Å². The minimum atomic E-state index is -4.75. The Kier molecular flexibility index (Phi) is 3.15. The van der Waals surface area contributed by atoms with E-state index in [1.54, 1.807) is 30.3 Å². The number of nitrogens with two attached hydrogens (primary N) is 1. The number of hydrogen-bond acceptors (Lipinski definition) is 4. The molecule has 0 spiro atoms. The summed E-state index contributed by atoms with van der Waals surface area (Å²) < 4.78 is 49.5. The smallest absolute Gasteiger partial charge is 0.449 e. The molecule has 7 heteroatoms. The van der Waals surface area contributed by atoms with E-state index >= 15 is 0 Å². The van der Waals surface area contributed by atoms with E-state index in [9.17, 15) is 18.0 Å². The van der Waals surface area contributed by atoms with Crippen LogP contribution in [0.2, 0.25) is 0 Å². The van der Waals surface area contributed by atoms with E-state index < -0.39 is 17.4 Å². The van der Waals surface area contributed by atoms with Crippen molar-refractivity contribution in [2.75, 3.05) is 5.73 Å². The third-order valence-electron chi connectivity index (χ3n) is 3.87. The topological polar surface area (TPSA) is 69.4 Å². The lowest BCUT2D eigenvalue weighted by atomic mass is 10.1. The Morgan fingerprint density at radius 1 is 0.880 bits per heavy atom. The lowest BCUT2D eigenvalue weighted by Crippen LogP contribution is -2.10. The number of hydrogen-bond donors (Lipinski definition) is 1. The maximum absolute atomic E-state index is 12.9. The zero-order valence-corrected chi connectivity index (χ0v) is 12.6. The molecule has 4 nitrogen and oxygen atoms in total. The number of furan rings is 1. The van der Waals surface area contributed by atoms with Crippen molar-refractivity contribution in [3.63, 3.8) is 0 Å². The van der Waals surface area contributed by atoms with Gasteiger partial charge in [-0.25, -0.2) is 0 Å². The van der Waals surface area contributed by atoms with Crippen molar-refractivity contribution in [1.82, 2.24) is 0 Å². The second-order valence-corrected chi connectivity index (χ2v) is 5.56. The molecule has 126 valence electrons. The molecule has 2 aromatic heterocycles. The van der Waals surface area contributed by atoms with Crippen LogP contribution in [0, 0.1) is 0 Å². The molecule has 0 unspecified atom stereocenters. The predicted octanol–water partition coefficient (Wildman–Crippen LogP) is 4.81. The summed E-state index contributed by atoms with van der Waals surface area (Å²) in [7, 11) is 0. The molecule has 0 fully saturated rings. The minimum Gasteiger partial charge on any atom is -0.456 e.